The van der Waals surface area contributed by atoms with Crippen LogP contribution in [0.2, 0.25) is 4.44 Å². The molecule has 3 heteroatoms. The molecule has 1 fully saturated rings. The molecule has 1 N–H and O–H groups in total. The molecule has 1 heterocycles. The zero-order chi connectivity index (χ0) is 7.94. The fourth-order valence-electron chi connectivity index (χ4n) is 1.24. The number of hydrogen-bond donors (Lipinski definition) is 1. The molecule has 0 bridgehead atoms. The van der Waals surface area contributed by atoms with Crippen LogP contribution in [0, 0.1) is 0 Å². The summed E-state index contributed by atoms with van der Waals surface area (Å²) in [6, 6.07) is 0. The number of piperazine rings is 1. The molecule has 1 aliphatic rings. The van der Waals surface area contributed by atoms with Gasteiger partial charge < -0.3 is 0 Å². The zero-order valence-electron chi connectivity index (χ0n) is 7.40. The van der Waals surface area contributed by atoms with Crippen molar-refractivity contribution in [2.45, 2.75) is 24.2 Å². The normalized spacial score (nSPS) is 20.5. The Kier molecular flexibility index (Phi) is 5.58. The molecule has 0 aromatic rings. The van der Waals surface area contributed by atoms with Crippen LogP contribution in [0.5, 0.6) is 0 Å². The van der Waals surface area contributed by atoms with Gasteiger partial charge in [-0.15, -0.1) is 0 Å². The van der Waals surface area contributed by atoms with Gasteiger partial charge >= 0.3 is 80.2 Å². The maximum absolute atomic E-state index is 3.39. The number of rotatable bonds is 4. The van der Waals surface area contributed by atoms with Gasteiger partial charge in [0.1, 0.15) is 0 Å². The molecule has 0 atom stereocenters. The Morgan fingerprint density at radius 1 is 1.36 bits per heavy atom. The van der Waals surface area contributed by atoms with Crippen LogP contribution in [-0.2, 0) is 0 Å². The second-order valence-corrected chi connectivity index (χ2v) is 7.13. The van der Waals surface area contributed by atoms with Crippen molar-refractivity contribution >= 4 is 21.4 Å². The molecule has 0 unspecified atom stereocenters. The molecular formula is C8H18N2Sn. The van der Waals surface area contributed by atoms with Crippen LogP contribution >= 0.6 is 0 Å². The van der Waals surface area contributed by atoms with E-state index in [1.165, 1.54) is 39.0 Å². The molecule has 0 amide bonds. The van der Waals surface area contributed by atoms with Crippen molar-refractivity contribution < 1.29 is 0 Å². The Labute approximate surface area is 80.3 Å². The Balaban J connectivity index is 1.96. The van der Waals surface area contributed by atoms with Crippen molar-refractivity contribution in [3.05, 3.63) is 0 Å². The van der Waals surface area contributed by atoms with Gasteiger partial charge in [0.15, 0.2) is 0 Å². The summed E-state index contributed by atoms with van der Waals surface area (Å²) in [5.41, 5.74) is 0. The zero-order valence-corrected chi connectivity index (χ0v) is 10.3. The van der Waals surface area contributed by atoms with E-state index >= 15 is 0 Å². The molecule has 0 aromatic carbocycles. The molecule has 2 radical (unpaired) electrons. The van der Waals surface area contributed by atoms with Gasteiger partial charge in [0.05, 0.1) is 0 Å². The summed E-state index contributed by atoms with van der Waals surface area (Å²) < 4.78 is 4.29. The third-order valence-electron chi connectivity index (χ3n) is 1.98. The number of unbranched alkanes of at least 4 members (excludes halogenated alkanes) is 1. The van der Waals surface area contributed by atoms with Crippen LogP contribution in [0.4, 0.5) is 0 Å². The summed E-state index contributed by atoms with van der Waals surface area (Å²) in [6.45, 7) is 7.41. The SMILES string of the molecule is CCC[CH2][Sn][N]1CCNCC1. The molecule has 0 aliphatic carbocycles. The monoisotopic (exact) mass is 262 g/mol. The van der Waals surface area contributed by atoms with E-state index in [9.17, 15) is 0 Å². The standard InChI is InChI=1S/C4H9N2.C4H9.Sn/c1-2-6-4-3-5-1;1-3-4-2;/h5H,1-4H2;1,3-4H2,2H3;/q-1;;+1. The van der Waals surface area contributed by atoms with Crippen molar-refractivity contribution in [2.75, 3.05) is 26.2 Å². The van der Waals surface area contributed by atoms with Crippen LogP contribution in [0.25, 0.3) is 0 Å². The molecule has 1 saturated heterocycles. The second kappa shape index (κ2) is 6.26. The summed E-state index contributed by atoms with van der Waals surface area (Å²) in [4.78, 5) is 0. The minimum atomic E-state index is -0.114. The predicted molar refractivity (Wildman–Crippen MR) is 49.9 cm³/mol. The van der Waals surface area contributed by atoms with Crippen LogP contribution in [-0.4, -0.2) is 50.7 Å². The quantitative estimate of drug-likeness (QED) is 0.592. The minimum absolute atomic E-state index is 0.114. The van der Waals surface area contributed by atoms with Gasteiger partial charge in [0, 0.05) is 0 Å². The molecule has 0 spiro atoms. The topological polar surface area (TPSA) is 15.3 Å². The summed E-state index contributed by atoms with van der Waals surface area (Å²) in [5.74, 6) is 0. The number of hydrogen-bond acceptors (Lipinski definition) is 2. The third kappa shape index (κ3) is 4.33. The second-order valence-electron chi connectivity index (χ2n) is 3.00. The Morgan fingerprint density at radius 3 is 2.73 bits per heavy atom. The van der Waals surface area contributed by atoms with Gasteiger partial charge in [0.25, 0.3) is 0 Å². The molecule has 2 nitrogen and oxygen atoms in total. The van der Waals surface area contributed by atoms with Crippen LogP contribution in [0.3, 0.4) is 0 Å². The van der Waals surface area contributed by atoms with Gasteiger partial charge in [-0.25, -0.2) is 0 Å². The fraction of sp³-hybridized carbons (Fsp3) is 1.00. The first-order valence-corrected chi connectivity index (χ1v) is 7.92. The van der Waals surface area contributed by atoms with Crippen molar-refractivity contribution in [1.29, 1.82) is 0 Å². The van der Waals surface area contributed by atoms with E-state index in [-0.39, 0.29) is 21.4 Å². The third-order valence-corrected chi connectivity index (χ3v) is 6.18. The van der Waals surface area contributed by atoms with Gasteiger partial charge in [-0.3, -0.25) is 0 Å². The summed E-state index contributed by atoms with van der Waals surface area (Å²) in [6.07, 6.45) is 2.85. The molecule has 1 aliphatic heterocycles. The van der Waals surface area contributed by atoms with Gasteiger partial charge in [-0.2, -0.15) is 0 Å². The van der Waals surface area contributed by atoms with Crippen molar-refractivity contribution in [3.8, 4) is 0 Å². The molecule has 1 rings (SSSR count). The summed E-state index contributed by atoms with van der Waals surface area (Å²) >= 11 is -0.114. The van der Waals surface area contributed by atoms with Crippen molar-refractivity contribution in [2.24, 2.45) is 0 Å². The van der Waals surface area contributed by atoms with E-state index in [1.807, 2.05) is 0 Å². The first-order chi connectivity index (χ1) is 5.43. The summed E-state index contributed by atoms with van der Waals surface area (Å²) in [7, 11) is 0. The molecular weight excluding hydrogens is 243 g/mol. The fourth-order valence-corrected chi connectivity index (χ4v) is 5.14. The Hall–Kier alpha value is 0.719. The van der Waals surface area contributed by atoms with E-state index in [0.717, 1.165) is 0 Å². The first kappa shape index (κ1) is 9.80. The average Bonchev–Trinajstić information content (AvgIpc) is 2.07. The van der Waals surface area contributed by atoms with Gasteiger partial charge in [0.2, 0.25) is 0 Å². The van der Waals surface area contributed by atoms with Crippen LogP contribution in [0.15, 0.2) is 0 Å². The molecule has 64 valence electrons. The van der Waals surface area contributed by atoms with Crippen molar-refractivity contribution in [1.82, 2.24) is 8.44 Å². The number of nitrogens with one attached hydrogen (secondary N) is 1. The molecule has 0 aromatic heterocycles. The van der Waals surface area contributed by atoms with E-state index < -0.39 is 0 Å². The Morgan fingerprint density at radius 2 is 2.09 bits per heavy atom. The average molecular weight is 261 g/mol. The Bertz CT molecular complexity index is 92.1. The van der Waals surface area contributed by atoms with E-state index in [4.69, 9.17) is 0 Å². The van der Waals surface area contributed by atoms with Crippen LogP contribution < -0.4 is 5.32 Å². The molecule has 11 heavy (non-hydrogen) atoms. The van der Waals surface area contributed by atoms with E-state index in [1.54, 1.807) is 4.44 Å². The van der Waals surface area contributed by atoms with E-state index in [2.05, 4.69) is 15.4 Å². The summed E-state index contributed by atoms with van der Waals surface area (Å²) in [5, 5.41) is 3.39. The van der Waals surface area contributed by atoms with Gasteiger partial charge in [-0.05, 0) is 0 Å². The van der Waals surface area contributed by atoms with Gasteiger partial charge in [-0.1, -0.05) is 0 Å². The van der Waals surface area contributed by atoms with E-state index in [0.29, 0.717) is 0 Å². The van der Waals surface area contributed by atoms with Crippen LogP contribution in [0.1, 0.15) is 19.8 Å². The first-order valence-electron chi connectivity index (χ1n) is 4.62. The molecule has 0 saturated carbocycles. The maximum atomic E-state index is 3.39. The predicted octanol–water partition coefficient (Wildman–Crippen LogP) is 0.729. The van der Waals surface area contributed by atoms with Crippen molar-refractivity contribution in [3.63, 3.8) is 0 Å². The number of nitrogens with zero attached hydrogens (tertiary/aromatic N) is 1.